The van der Waals surface area contributed by atoms with Crippen LogP contribution in [0, 0.1) is 12.7 Å². The lowest BCUT2D eigenvalue weighted by Gasteiger charge is -2.01. The lowest BCUT2D eigenvalue weighted by molar-refractivity contribution is 0.0923. The van der Waals surface area contributed by atoms with E-state index in [1.807, 2.05) is 5.43 Å². The quantitative estimate of drug-likeness (QED) is 0.264. The van der Waals surface area contributed by atoms with Crippen LogP contribution in [0.25, 0.3) is 0 Å². The van der Waals surface area contributed by atoms with Crippen LogP contribution in [-0.2, 0) is 5.75 Å². The van der Waals surface area contributed by atoms with Gasteiger partial charge in [-0.2, -0.15) is 0 Å². The Morgan fingerprint density at radius 1 is 1.45 bits per heavy atom. The number of rotatable bonds is 4. The summed E-state index contributed by atoms with van der Waals surface area (Å²) in [6.45, 7) is 1.76. The van der Waals surface area contributed by atoms with Gasteiger partial charge in [0.25, 0.3) is 0 Å². The summed E-state index contributed by atoms with van der Waals surface area (Å²) in [5.41, 5.74) is 8.25. The molecule has 0 radical (unpaired) electrons. The number of nitrogens with one attached hydrogen (secondary N) is 1. The van der Waals surface area contributed by atoms with Gasteiger partial charge >= 0.3 is 5.91 Å². The Hall–Kier alpha value is -1.99. The second-order valence-electron chi connectivity index (χ2n) is 4.17. The highest BCUT2D eigenvalue weighted by Crippen LogP contribution is 2.27. The van der Waals surface area contributed by atoms with Crippen molar-refractivity contribution in [2.24, 2.45) is 5.84 Å². The minimum atomic E-state index is -0.475. The molecule has 1 aromatic heterocycles. The standard InChI is InChI=1S/C13H14FN3O2S/c1-7-4-8(19-12(7)13(18)17-16)6-20-9-2-3-11(15)10(14)5-9/h2-5H,6,15-16H2,1H3,(H,17,18). The zero-order valence-electron chi connectivity index (χ0n) is 10.8. The number of hydrogen-bond donors (Lipinski definition) is 3. The van der Waals surface area contributed by atoms with E-state index in [1.54, 1.807) is 19.1 Å². The molecule has 20 heavy (non-hydrogen) atoms. The first-order valence-corrected chi connectivity index (χ1v) is 6.78. The van der Waals surface area contributed by atoms with E-state index in [1.165, 1.54) is 23.9 Å². The maximum Gasteiger partial charge on any atom is 0.301 e. The SMILES string of the molecule is Cc1cc(CSc2ccc(N)c(F)c2)oc1C(=O)NN. The molecule has 2 rings (SSSR count). The first-order chi connectivity index (χ1) is 9.51. The van der Waals surface area contributed by atoms with Crippen LogP contribution >= 0.6 is 11.8 Å². The fourth-order valence-corrected chi connectivity index (χ4v) is 2.46. The lowest BCUT2D eigenvalue weighted by Crippen LogP contribution is -2.30. The number of hydrogen-bond acceptors (Lipinski definition) is 5. The van der Waals surface area contributed by atoms with E-state index in [9.17, 15) is 9.18 Å². The van der Waals surface area contributed by atoms with E-state index < -0.39 is 11.7 Å². The smallest absolute Gasteiger partial charge is 0.301 e. The molecule has 0 spiro atoms. The second kappa shape index (κ2) is 5.98. The maximum absolute atomic E-state index is 13.3. The van der Waals surface area contributed by atoms with Gasteiger partial charge in [0.2, 0.25) is 0 Å². The monoisotopic (exact) mass is 295 g/mol. The van der Waals surface area contributed by atoms with Gasteiger partial charge in [0.15, 0.2) is 5.76 Å². The topological polar surface area (TPSA) is 94.3 Å². The normalized spacial score (nSPS) is 10.6. The summed E-state index contributed by atoms with van der Waals surface area (Å²) >= 11 is 1.39. The number of carbonyl (C=O) groups excluding carboxylic acids is 1. The molecule has 0 saturated heterocycles. The fraction of sp³-hybridized carbons (Fsp3) is 0.154. The summed E-state index contributed by atoms with van der Waals surface area (Å²) in [7, 11) is 0. The molecule has 5 nitrogen and oxygen atoms in total. The third kappa shape index (κ3) is 3.12. The number of nitrogen functional groups attached to an aromatic ring is 2. The van der Waals surface area contributed by atoms with Crippen molar-refractivity contribution in [3.63, 3.8) is 0 Å². The minimum absolute atomic E-state index is 0.116. The fourth-order valence-electron chi connectivity index (χ4n) is 1.66. The molecule has 1 amide bonds. The molecule has 0 bridgehead atoms. The Kier molecular flexibility index (Phi) is 4.31. The highest BCUT2D eigenvalue weighted by Gasteiger charge is 2.14. The molecule has 7 heteroatoms. The van der Waals surface area contributed by atoms with Crippen molar-refractivity contribution < 1.29 is 13.6 Å². The van der Waals surface area contributed by atoms with E-state index in [0.717, 1.165) is 4.90 Å². The maximum atomic E-state index is 13.3. The van der Waals surface area contributed by atoms with Gasteiger partial charge in [0.1, 0.15) is 11.6 Å². The number of carbonyl (C=O) groups is 1. The van der Waals surface area contributed by atoms with Gasteiger partial charge in [-0.3, -0.25) is 10.2 Å². The highest BCUT2D eigenvalue weighted by molar-refractivity contribution is 7.98. The molecule has 2 aromatic rings. The van der Waals surface area contributed by atoms with Crippen LogP contribution in [0.15, 0.2) is 33.6 Å². The van der Waals surface area contributed by atoms with Gasteiger partial charge in [-0.1, -0.05) is 0 Å². The van der Waals surface area contributed by atoms with Crippen molar-refractivity contribution >= 4 is 23.4 Å². The molecule has 0 saturated carbocycles. The third-order valence-corrected chi connectivity index (χ3v) is 3.68. The Bertz CT molecular complexity index is 643. The van der Waals surface area contributed by atoms with Gasteiger partial charge in [-0.15, -0.1) is 11.8 Å². The zero-order chi connectivity index (χ0) is 14.7. The van der Waals surface area contributed by atoms with Crippen molar-refractivity contribution in [3.05, 3.63) is 47.2 Å². The first-order valence-electron chi connectivity index (χ1n) is 5.79. The van der Waals surface area contributed by atoms with E-state index in [4.69, 9.17) is 16.0 Å². The van der Waals surface area contributed by atoms with E-state index >= 15 is 0 Å². The van der Waals surface area contributed by atoms with Gasteiger partial charge in [-0.05, 0) is 31.2 Å². The number of thioether (sulfide) groups is 1. The van der Waals surface area contributed by atoms with Crippen molar-refractivity contribution in [1.82, 2.24) is 5.43 Å². The van der Waals surface area contributed by atoms with E-state index in [0.29, 0.717) is 17.1 Å². The van der Waals surface area contributed by atoms with Gasteiger partial charge < -0.3 is 10.2 Å². The van der Waals surface area contributed by atoms with Crippen LogP contribution in [0.3, 0.4) is 0 Å². The van der Waals surface area contributed by atoms with Crippen LogP contribution in [0.2, 0.25) is 0 Å². The van der Waals surface area contributed by atoms with Gasteiger partial charge in [-0.25, -0.2) is 10.2 Å². The van der Waals surface area contributed by atoms with Crippen molar-refractivity contribution in [3.8, 4) is 0 Å². The van der Waals surface area contributed by atoms with Crippen LogP contribution in [-0.4, -0.2) is 5.91 Å². The minimum Gasteiger partial charge on any atom is -0.455 e. The molecule has 0 fully saturated rings. The van der Waals surface area contributed by atoms with E-state index in [2.05, 4.69) is 0 Å². The van der Waals surface area contributed by atoms with Crippen LogP contribution < -0.4 is 17.0 Å². The number of furan rings is 1. The molecule has 0 unspecified atom stereocenters. The summed E-state index contributed by atoms with van der Waals surface area (Å²) in [6, 6.07) is 6.36. The molecule has 5 N–H and O–H groups in total. The van der Waals surface area contributed by atoms with Crippen molar-refractivity contribution in [2.75, 3.05) is 5.73 Å². The number of aryl methyl sites for hydroxylation is 1. The molecule has 0 aliphatic heterocycles. The number of halogens is 1. The average Bonchev–Trinajstić information content (AvgIpc) is 2.80. The Morgan fingerprint density at radius 2 is 2.20 bits per heavy atom. The summed E-state index contributed by atoms with van der Waals surface area (Å²) in [5.74, 6) is 5.41. The number of amides is 1. The molecule has 0 atom stereocenters. The van der Waals surface area contributed by atoms with Crippen LogP contribution in [0.1, 0.15) is 21.9 Å². The Labute approximate surface area is 119 Å². The zero-order valence-corrected chi connectivity index (χ0v) is 11.6. The summed E-state index contributed by atoms with van der Waals surface area (Å²) in [4.78, 5) is 12.1. The van der Waals surface area contributed by atoms with Crippen molar-refractivity contribution in [2.45, 2.75) is 17.6 Å². The Balaban J connectivity index is 2.07. The largest absolute Gasteiger partial charge is 0.455 e. The molecule has 1 aromatic carbocycles. The van der Waals surface area contributed by atoms with Gasteiger partial charge in [0, 0.05) is 10.5 Å². The predicted octanol–water partition coefficient (Wildman–Crippen LogP) is 2.21. The number of nitrogens with two attached hydrogens (primary N) is 2. The summed E-state index contributed by atoms with van der Waals surface area (Å²) in [5, 5.41) is 0. The average molecular weight is 295 g/mol. The van der Waals surface area contributed by atoms with Gasteiger partial charge in [0.05, 0.1) is 11.4 Å². The number of anilines is 1. The summed E-state index contributed by atoms with van der Waals surface area (Å²) < 4.78 is 18.7. The third-order valence-electron chi connectivity index (χ3n) is 2.66. The van der Waals surface area contributed by atoms with E-state index in [-0.39, 0.29) is 11.4 Å². The van der Waals surface area contributed by atoms with Crippen LogP contribution in [0.5, 0.6) is 0 Å². The molecule has 0 aliphatic carbocycles. The van der Waals surface area contributed by atoms with Crippen LogP contribution in [0.4, 0.5) is 10.1 Å². The highest BCUT2D eigenvalue weighted by atomic mass is 32.2. The molecular weight excluding hydrogens is 281 g/mol. The number of hydrazine groups is 1. The van der Waals surface area contributed by atoms with Crippen molar-refractivity contribution in [1.29, 1.82) is 0 Å². The molecular formula is C13H14FN3O2S. The molecule has 0 aliphatic rings. The molecule has 106 valence electrons. The predicted molar refractivity (Wildman–Crippen MR) is 75.5 cm³/mol. The number of benzene rings is 1. The summed E-state index contributed by atoms with van der Waals surface area (Å²) in [6.07, 6.45) is 0. The molecule has 1 heterocycles. The lowest BCUT2D eigenvalue weighted by atomic mass is 10.2. The Morgan fingerprint density at radius 3 is 2.85 bits per heavy atom. The second-order valence-corrected chi connectivity index (χ2v) is 5.22. The first kappa shape index (κ1) is 14.4.